The number of aromatic nitrogens is 8. The minimum absolute atomic E-state index is 0.212. The van der Waals surface area contributed by atoms with Crippen LogP contribution in [0, 0.1) is 5.92 Å². The van der Waals surface area contributed by atoms with Crippen LogP contribution in [-0.2, 0) is 0 Å². The van der Waals surface area contributed by atoms with Crippen LogP contribution >= 0.6 is 0 Å². The van der Waals surface area contributed by atoms with Crippen LogP contribution in [0.3, 0.4) is 0 Å². The van der Waals surface area contributed by atoms with Gasteiger partial charge in [-0.3, -0.25) is 18.3 Å². The Morgan fingerprint density at radius 3 is 1.39 bits per heavy atom. The first-order valence-electron chi connectivity index (χ1n) is 28.5. The van der Waals surface area contributed by atoms with E-state index in [4.69, 9.17) is 9.97 Å². The Bertz CT molecular complexity index is 5490. The number of allylic oxidation sites excluding steroid dienone is 8. The first kappa shape index (κ1) is 45.2. The summed E-state index contributed by atoms with van der Waals surface area (Å²) in [6, 6.07) is 83.3. The Hall–Kier alpha value is -10.7. The van der Waals surface area contributed by atoms with E-state index in [1.54, 1.807) is 0 Å². The quantitative estimate of drug-likeness (QED) is 0.160. The molecule has 1 unspecified atom stereocenters. The van der Waals surface area contributed by atoms with E-state index in [0.29, 0.717) is 0 Å². The van der Waals surface area contributed by atoms with Gasteiger partial charge in [-0.1, -0.05) is 169 Å². The van der Waals surface area contributed by atoms with Crippen LogP contribution in [0.1, 0.15) is 19.3 Å². The normalized spacial score (nSPS) is 15.0. The van der Waals surface area contributed by atoms with E-state index in [0.717, 1.165) is 92.4 Å². The second-order valence-electron chi connectivity index (χ2n) is 22.0. The van der Waals surface area contributed by atoms with Gasteiger partial charge in [0.25, 0.3) is 0 Å². The van der Waals surface area contributed by atoms with E-state index in [2.05, 4.69) is 288 Å². The number of imidazole rings is 2. The number of hydrogen-bond acceptors (Lipinski definition) is 2. The van der Waals surface area contributed by atoms with Gasteiger partial charge in [0.05, 0.1) is 66.2 Å². The molecule has 8 heteroatoms. The lowest BCUT2D eigenvalue weighted by molar-refractivity contribution is 0.707. The average Bonchev–Trinajstić information content (AvgIpc) is 4.10. The smallest absolute Gasteiger partial charge is 0.220 e. The number of benzene rings is 10. The van der Waals surface area contributed by atoms with Gasteiger partial charge in [-0.25, -0.2) is 9.97 Å². The summed E-state index contributed by atoms with van der Waals surface area (Å²) in [5.74, 6) is 1.96. The molecule has 0 bridgehead atoms. The van der Waals surface area contributed by atoms with Crippen molar-refractivity contribution in [3.05, 3.63) is 266 Å². The highest BCUT2D eigenvalue weighted by molar-refractivity contribution is 6.28. The monoisotopic (exact) mass is 1050 g/mol. The van der Waals surface area contributed by atoms with E-state index >= 15 is 0 Å². The van der Waals surface area contributed by atoms with Gasteiger partial charge >= 0.3 is 0 Å². The fourth-order valence-electron chi connectivity index (χ4n) is 14.2. The minimum atomic E-state index is 0.212. The second kappa shape index (κ2) is 17.4. The van der Waals surface area contributed by atoms with Crippen molar-refractivity contribution >= 4 is 121 Å². The fourth-order valence-corrected chi connectivity index (χ4v) is 14.2. The number of nitrogens with zero attached hydrogens (tertiary/aromatic N) is 8. The maximum absolute atomic E-state index is 5.55. The van der Waals surface area contributed by atoms with Crippen LogP contribution in [0.25, 0.3) is 144 Å². The van der Waals surface area contributed by atoms with Crippen LogP contribution < -0.4 is 0 Å². The number of hydrogen-bond donors (Lipinski definition) is 0. The molecule has 82 heavy (non-hydrogen) atoms. The van der Waals surface area contributed by atoms with E-state index in [1.165, 1.54) is 76.4 Å². The van der Waals surface area contributed by atoms with Crippen molar-refractivity contribution in [2.24, 2.45) is 5.92 Å². The molecule has 0 fully saturated rings. The summed E-state index contributed by atoms with van der Waals surface area (Å²) in [6.45, 7) is 0. The van der Waals surface area contributed by atoms with Crippen LogP contribution in [-0.4, -0.2) is 37.4 Å². The summed E-state index contributed by atoms with van der Waals surface area (Å²) >= 11 is 0. The Morgan fingerprint density at radius 2 is 0.793 bits per heavy atom. The van der Waals surface area contributed by atoms with Gasteiger partial charge in [0, 0.05) is 71.8 Å². The minimum Gasteiger partial charge on any atom is -0.313 e. The van der Waals surface area contributed by atoms with Crippen molar-refractivity contribution in [2.45, 2.75) is 19.3 Å². The molecule has 1 atom stereocenters. The summed E-state index contributed by atoms with van der Waals surface area (Å²) in [4.78, 5) is 11.0. The summed E-state index contributed by atoms with van der Waals surface area (Å²) in [7, 11) is 0. The molecule has 0 N–H and O–H groups in total. The number of fused-ring (bicyclic) bond motifs is 16. The largest absolute Gasteiger partial charge is 0.313 e. The molecule has 0 radical (unpaired) electrons. The standard InChI is InChI=1S/C74H50N8/c1-3-21-49(22-4-1)78-61-32-13-7-26-53(61)55-43-45-68-70(71(55)78)58-29-10-16-35-64(58)81(68)73-75-60-31-12-18-37-66(60)80(73)52-25-19-20-48(46-52)47-38-40-51(41-39-47)77-63-34-15-9-28-57(63)69-67(77)44-42-56-54-27-8-14-33-62(54)82(72(56)69)74-76-59-30-11-17-36-65(59)79(74)50-23-5-2-6-24-50/h1-19,21-38,40,42-46,48H,20,39,41H2. The van der Waals surface area contributed by atoms with Gasteiger partial charge in [-0.05, 0) is 116 Å². The third kappa shape index (κ3) is 6.37. The first-order valence-corrected chi connectivity index (χ1v) is 28.5. The molecule has 8 nitrogen and oxygen atoms in total. The highest BCUT2D eigenvalue weighted by Crippen LogP contribution is 2.46. The van der Waals surface area contributed by atoms with E-state index < -0.39 is 0 Å². The molecule has 0 saturated carbocycles. The molecule has 6 aromatic heterocycles. The van der Waals surface area contributed by atoms with E-state index in [1.807, 2.05) is 0 Å². The fraction of sp³-hybridized carbons (Fsp3) is 0.0541. The zero-order chi connectivity index (χ0) is 53.6. The van der Waals surface area contributed by atoms with Crippen molar-refractivity contribution in [1.29, 1.82) is 0 Å². The van der Waals surface area contributed by atoms with Crippen molar-refractivity contribution in [3.63, 3.8) is 0 Å². The summed E-state index contributed by atoms with van der Waals surface area (Å²) in [5, 5.41) is 9.75. The maximum atomic E-state index is 5.55. The SMILES string of the molecule is C1=CC(n2c(-n3c4ccccc4c4c3ccc3c5ccccc5n(-c5ccccc5)c34)nc3ccccc32)=CC(C2=CC=C(n3c4ccccc4c4c3ccc3c5ccccc5n(-c5nc6ccccc6n5-c5ccccc5)c34)CC2)C1. The Kier molecular flexibility index (Phi) is 9.59. The molecular formula is C74H50N8. The lowest BCUT2D eigenvalue weighted by atomic mass is 9.86. The Labute approximate surface area is 470 Å². The molecule has 2 aliphatic rings. The molecule has 6 heterocycles. The lowest BCUT2D eigenvalue weighted by Gasteiger charge is -2.25. The van der Waals surface area contributed by atoms with Crippen LogP contribution in [0.2, 0.25) is 0 Å². The van der Waals surface area contributed by atoms with Gasteiger partial charge in [-0.2, -0.15) is 0 Å². The highest BCUT2D eigenvalue weighted by Gasteiger charge is 2.29. The van der Waals surface area contributed by atoms with Crippen molar-refractivity contribution in [3.8, 4) is 23.3 Å². The maximum Gasteiger partial charge on any atom is 0.220 e. The second-order valence-corrected chi connectivity index (χ2v) is 22.0. The predicted octanol–water partition coefficient (Wildman–Crippen LogP) is 18.5. The molecule has 0 amide bonds. The molecule has 16 aromatic rings. The van der Waals surface area contributed by atoms with Gasteiger partial charge in [0.15, 0.2) is 0 Å². The van der Waals surface area contributed by atoms with Crippen LogP contribution in [0.4, 0.5) is 0 Å². The van der Waals surface area contributed by atoms with Gasteiger partial charge in [-0.15, -0.1) is 0 Å². The predicted molar refractivity (Wildman–Crippen MR) is 340 cm³/mol. The summed E-state index contributed by atoms with van der Waals surface area (Å²) in [6.07, 6.45) is 14.8. The molecule has 0 aliphatic heterocycles. The number of rotatable bonds is 7. The van der Waals surface area contributed by atoms with Gasteiger partial charge in [0.1, 0.15) is 0 Å². The van der Waals surface area contributed by atoms with Crippen molar-refractivity contribution < 1.29 is 0 Å². The average molecular weight is 1050 g/mol. The third-order valence-corrected chi connectivity index (χ3v) is 17.7. The van der Waals surface area contributed by atoms with Crippen LogP contribution in [0.15, 0.2) is 266 Å². The van der Waals surface area contributed by atoms with Crippen LogP contribution in [0.5, 0.6) is 0 Å². The molecule has 10 aromatic carbocycles. The van der Waals surface area contributed by atoms with Gasteiger partial charge < -0.3 is 9.13 Å². The molecule has 0 saturated heterocycles. The summed E-state index contributed by atoms with van der Waals surface area (Å²) in [5.41, 5.74) is 19.5. The Morgan fingerprint density at radius 1 is 0.329 bits per heavy atom. The first-order chi connectivity index (χ1) is 40.7. The molecule has 2 aliphatic carbocycles. The molecule has 18 rings (SSSR count). The van der Waals surface area contributed by atoms with E-state index in [9.17, 15) is 0 Å². The Balaban J connectivity index is 0.788. The highest BCUT2D eigenvalue weighted by atomic mass is 15.3. The third-order valence-electron chi connectivity index (χ3n) is 17.7. The number of para-hydroxylation sites is 10. The van der Waals surface area contributed by atoms with Crippen molar-refractivity contribution in [1.82, 2.24) is 37.4 Å². The topological polar surface area (TPSA) is 55.4 Å². The van der Waals surface area contributed by atoms with E-state index in [-0.39, 0.29) is 5.92 Å². The van der Waals surface area contributed by atoms with Gasteiger partial charge in [0.2, 0.25) is 11.9 Å². The molecule has 0 spiro atoms. The lowest BCUT2D eigenvalue weighted by Crippen LogP contribution is -2.12. The molecule has 386 valence electrons. The summed E-state index contributed by atoms with van der Waals surface area (Å²) < 4.78 is 14.5. The molecular weight excluding hydrogens is 1000 g/mol. The zero-order valence-electron chi connectivity index (χ0n) is 44.6. The van der Waals surface area contributed by atoms with Crippen molar-refractivity contribution in [2.75, 3.05) is 0 Å². The zero-order valence-corrected chi connectivity index (χ0v) is 44.6.